The van der Waals surface area contributed by atoms with Crippen LogP contribution in [0.15, 0.2) is 71.6 Å². The standard InChI is InChI=1S/C29H32Cl2FN3O4S/c1-5-20(3)33-29(37)21(4)34(17-25-26(30)7-6-8-27(25)31)28(36)18-35(23-13-11-22(32)12-14-23)40(38,39)24-15-9-19(2)10-16-24/h6-16,20-21H,5,17-18H2,1-4H3,(H,33,37)/t20-,21-/m1/s1. The van der Waals surface area contributed by atoms with Gasteiger partial charge in [0.25, 0.3) is 10.0 Å². The van der Waals surface area contributed by atoms with Crippen LogP contribution in [0.1, 0.15) is 38.3 Å². The Balaban J connectivity index is 2.06. The van der Waals surface area contributed by atoms with Crippen LogP contribution < -0.4 is 9.62 Å². The van der Waals surface area contributed by atoms with Crippen molar-refractivity contribution in [2.45, 2.75) is 57.6 Å². The van der Waals surface area contributed by atoms with Crippen molar-refractivity contribution in [3.05, 3.63) is 93.7 Å². The molecule has 0 radical (unpaired) electrons. The highest BCUT2D eigenvalue weighted by Gasteiger charge is 2.33. The Labute approximate surface area is 244 Å². The molecule has 0 aliphatic carbocycles. The Bertz CT molecular complexity index is 1430. The van der Waals surface area contributed by atoms with Crippen LogP contribution in [-0.2, 0) is 26.2 Å². The predicted octanol–water partition coefficient (Wildman–Crippen LogP) is 5.97. The number of anilines is 1. The van der Waals surface area contributed by atoms with Crippen molar-refractivity contribution < 1.29 is 22.4 Å². The van der Waals surface area contributed by atoms with Crippen LogP contribution in [0.2, 0.25) is 10.0 Å². The number of nitrogens with one attached hydrogen (secondary N) is 1. The van der Waals surface area contributed by atoms with E-state index in [0.717, 1.165) is 22.0 Å². The van der Waals surface area contributed by atoms with Gasteiger partial charge in [-0.05, 0) is 75.7 Å². The molecule has 3 aromatic carbocycles. The highest BCUT2D eigenvalue weighted by atomic mass is 35.5. The van der Waals surface area contributed by atoms with Crippen LogP contribution in [0.4, 0.5) is 10.1 Å². The van der Waals surface area contributed by atoms with Crippen molar-refractivity contribution >= 4 is 50.7 Å². The van der Waals surface area contributed by atoms with Crippen molar-refractivity contribution in [3.63, 3.8) is 0 Å². The molecule has 0 saturated heterocycles. The first kappa shape index (κ1) is 31.4. The second-order valence-corrected chi connectivity index (χ2v) is 12.2. The normalized spacial score (nSPS) is 12.9. The van der Waals surface area contributed by atoms with E-state index in [1.165, 1.54) is 29.2 Å². The molecule has 40 heavy (non-hydrogen) atoms. The summed E-state index contributed by atoms with van der Waals surface area (Å²) in [6, 6.07) is 14.7. The third kappa shape index (κ3) is 7.53. The zero-order chi connectivity index (χ0) is 29.6. The largest absolute Gasteiger partial charge is 0.352 e. The molecule has 0 aliphatic heterocycles. The Hall–Kier alpha value is -3.14. The molecule has 11 heteroatoms. The van der Waals surface area contributed by atoms with E-state index in [9.17, 15) is 22.4 Å². The van der Waals surface area contributed by atoms with Crippen molar-refractivity contribution in [2.24, 2.45) is 0 Å². The molecular weight excluding hydrogens is 576 g/mol. The molecule has 7 nitrogen and oxygen atoms in total. The van der Waals surface area contributed by atoms with Crippen LogP contribution >= 0.6 is 23.2 Å². The minimum absolute atomic E-state index is 0.0431. The average Bonchev–Trinajstić information content (AvgIpc) is 2.91. The lowest BCUT2D eigenvalue weighted by molar-refractivity contribution is -0.139. The molecule has 0 bridgehead atoms. The summed E-state index contributed by atoms with van der Waals surface area (Å²) >= 11 is 12.8. The molecule has 1 N–H and O–H groups in total. The highest BCUT2D eigenvalue weighted by molar-refractivity contribution is 7.92. The second kappa shape index (κ2) is 13.5. The van der Waals surface area contributed by atoms with E-state index in [1.807, 2.05) is 20.8 Å². The van der Waals surface area contributed by atoms with Crippen molar-refractivity contribution in [2.75, 3.05) is 10.8 Å². The lowest BCUT2D eigenvalue weighted by Gasteiger charge is -2.32. The van der Waals surface area contributed by atoms with Crippen LogP contribution in [-0.4, -0.2) is 43.8 Å². The van der Waals surface area contributed by atoms with E-state index in [2.05, 4.69) is 5.32 Å². The van der Waals surface area contributed by atoms with Gasteiger partial charge in [-0.3, -0.25) is 13.9 Å². The molecule has 0 aliphatic rings. The quantitative estimate of drug-likeness (QED) is 0.291. The predicted molar refractivity (Wildman–Crippen MR) is 156 cm³/mol. The highest BCUT2D eigenvalue weighted by Crippen LogP contribution is 2.28. The number of halogens is 3. The van der Waals surface area contributed by atoms with Crippen molar-refractivity contribution in [3.8, 4) is 0 Å². The maximum Gasteiger partial charge on any atom is 0.264 e. The van der Waals surface area contributed by atoms with Crippen molar-refractivity contribution in [1.82, 2.24) is 10.2 Å². The third-order valence-corrected chi connectivity index (χ3v) is 9.06. The minimum Gasteiger partial charge on any atom is -0.352 e. The minimum atomic E-state index is -4.26. The fourth-order valence-electron chi connectivity index (χ4n) is 3.88. The zero-order valence-corrected chi connectivity index (χ0v) is 25.0. The van der Waals surface area contributed by atoms with Gasteiger partial charge in [0.05, 0.1) is 10.6 Å². The molecule has 2 atom stereocenters. The number of hydrogen-bond donors (Lipinski definition) is 1. The molecule has 3 rings (SSSR count). The first-order chi connectivity index (χ1) is 18.8. The van der Waals surface area contributed by atoms with Gasteiger partial charge in [-0.25, -0.2) is 12.8 Å². The zero-order valence-electron chi connectivity index (χ0n) is 22.7. The van der Waals surface area contributed by atoms with Crippen molar-refractivity contribution in [1.29, 1.82) is 0 Å². The summed E-state index contributed by atoms with van der Waals surface area (Å²) in [6.45, 7) is 6.32. The maximum atomic E-state index is 13.9. The summed E-state index contributed by atoms with van der Waals surface area (Å²) in [7, 11) is -4.26. The van der Waals surface area contributed by atoms with Gasteiger partial charge >= 0.3 is 0 Å². The first-order valence-corrected chi connectivity index (χ1v) is 14.9. The molecule has 0 spiro atoms. The number of rotatable bonds is 11. The van der Waals surface area contributed by atoms with E-state index < -0.39 is 40.2 Å². The second-order valence-electron chi connectivity index (χ2n) is 9.52. The van der Waals surface area contributed by atoms with E-state index in [4.69, 9.17) is 23.2 Å². The summed E-state index contributed by atoms with van der Waals surface area (Å²) < 4.78 is 42.2. The first-order valence-electron chi connectivity index (χ1n) is 12.7. The Morgan fingerprint density at radius 3 is 2.08 bits per heavy atom. The van der Waals surface area contributed by atoms with E-state index in [-0.39, 0.29) is 23.2 Å². The molecular formula is C29H32Cl2FN3O4S. The van der Waals surface area contributed by atoms with Gasteiger partial charge in [0.15, 0.2) is 0 Å². The Kier molecular flexibility index (Phi) is 10.6. The monoisotopic (exact) mass is 607 g/mol. The number of carbonyl (C=O) groups is 2. The number of sulfonamides is 1. The summed E-state index contributed by atoms with van der Waals surface area (Å²) in [6.07, 6.45) is 0.676. The molecule has 0 heterocycles. The van der Waals surface area contributed by atoms with E-state index >= 15 is 0 Å². The summed E-state index contributed by atoms with van der Waals surface area (Å²) in [4.78, 5) is 28.3. The molecule has 214 valence electrons. The molecule has 2 amide bonds. The lowest BCUT2D eigenvalue weighted by atomic mass is 10.1. The Morgan fingerprint density at radius 2 is 1.52 bits per heavy atom. The van der Waals surface area contributed by atoms with Crippen LogP contribution in [0.3, 0.4) is 0 Å². The number of aryl methyl sites for hydroxylation is 1. The van der Waals surface area contributed by atoms with Gasteiger partial charge in [-0.2, -0.15) is 0 Å². The fraction of sp³-hybridized carbons (Fsp3) is 0.310. The van der Waals surface area contributed by atoms with Crippen LogP contribution in [0.5, 0.6) is 0 Å². The maximum absolute atomic E-state index is 13.9. The summed E-state index contributed by atoms with van der Waals surface area (Å²) in [5, 5.41) is 3.45. The van der Waals surface area contributed by atoms with Crippen LogP contribution in [0, 0.1) is 12.7 Å². The molecule has 3 aromatic rings. The Morgan fingerprint density at radius 1 is 0.950 bits per heavy atom. The third-order valence-electron chi connectivity index (χ3n) is 6.56. The molecule has 0 fully saturated rings. The number of amides is 2. The van der Waals surface area contributed by atoms with Gasteiger partial charge in [0, 0.05) is 28.2 Å². The smallest absolute Gasteiger partial charge is 0.264 e. The van der Waals surface area contributed by atoms with Gasteiger partial charge < -0.3 is 10.2 Å². The topological polar surface area (TPSA) is 86.8 Å². The van der Waals surface area contributed by atoms with Gasteiger partial charge in [0.2, 0.25) is 11.8 Å². The van der Waals surface area contributed by atoms with Gasteiger partial charge in [-0.1, -0.05) is 53.9 Å². The average molecular weight is 609 g/mol. The van der Waals surface area contributed by atoms with Gasteiger partial charge in [-0.15, -0.1) is 0 Å². The van der Waals surface area contributed by atoms with E-state index in [0.29, 0.717) is 22.0 Å². The lowest BCUT2D eigenvalue weighted by Crippen LogP contribution is -2.52. The van der Waals surface area contributed by atoms with Gasteiger partial charge in [0.1, 0.15) is 18.4 Å². The number of benzene rings is 3. The summed E-state index contributed by atoms with van der Waals surface area (Å²) in [5.74, 6) is -1.66. The molecule has 0 aromatic heterocycles. The fourth-order valence-corrected chi connectivity index (χ4v) is 5.81. The number of nitrogens with zero attached hydrogens (tertiary/aromatic N) is 2. The number of hydrogen-bond acceptors (Lipinski definition) is 4. The molecule has 0 unspecified atom stereocenters. The molecule has 0 saturated carbocycles. The SMILES string of the molecule is CC[C@@H](C)NC(=O)[C@@H](C)N(Cc1c(Cl)cccc1Cl)C(=O)CN(c1ccc(F)cc1)S(=O)(=O)c1ccc(C)cc1. The number of carbonyl (C=O) groups excluding carboxylic acids is 2. The van der Waals surface area contributed by atoms with Crippen LogP contribution in [0.25, 0.3) is 0 Å². The summed E-state index contributed by atoms with van der Waals surface area (Å²) in [5.41, 5.74) is 1.35. The van der Waals surface area contributed by atoms with E-state index in [1.54, 1.807) is 37.3 Å².